The summed E-state index contributed by atoms with van der Waals surface area (Å²) < 4.78 is 5.57. The lowest BCUT2D eigenvalue weighted by atomic mass is 9.96. The van der Waals surface area contributed by atoms with Crippen molar-refractivity contribution in [2.45, 2.75) is 32.2 Å². The minimum absolute atomic E-state index is 0.0563. The zero-order valence-electron chi connectivity index (χ0n) is 12.8. The molecule has 3 unspecified atom stereocenters. The van der Waals surface area contributed by atoms with Crippen LogP contribution in [0, 0.1) is 5.92 Å². The summed E-state index contributed by atoms with van der Waals surface area (Å²) in [5.41, 5.74) is 1.88. The van der Waals surface area contributed by atoms with Gasteiger partial charge in [-0.25, -0.2) is 0 Å². The van der Waals surface area contributed by atoms with Gasteiger partial charge in [-0.05, 0) is 55.4 Å². The molecule has 1 aromatic carbocycles. The second-order valence-electron chi connectivity index (χ2n) is 6.51. The Balaban J connectivity index is 1.50. The summed E-state index contributed by atoms with van der Waals surface area (Å²) >= 11 is 1.49. The number of carbonyl (C=O) groups excluding carboxylic acids is 1. The second-order valence-corrected chi connectivity index (χ2v) is 7.32. The molecule has 3 heterocycles. The standard InChI is InChI=1S/C17H21N3OS/c1-2-15-14-4-3-12(8-16(14)22-19-15)17(21)18-13-7-11-5-6-20(9-11)10-13/h3-4,8,11,13H,2,5-7,9-10H2,1H3,(H,18,21). The van der Waals surface area contributed by atoms with Gasteiger partial charge in [0.1, 0.15) is 0 Å². The number of rotatable bonds is 3. The van der Waals surface area contributed by atoms with Crippen molar-refractivity contribution in [3.8, 4) is 0 Å². The van der Waals surface area contributed by atoms with Gasteiger partial charge < -0.3 is 10.2 Å². The molecule has 22 heavy (non-hydrogen) atoms. The normalized spacial score (nSPS) is 27.2. The Labute approximate surface area is 134 Å². The van der Waals surface area contributed by atoms with Crippen LogP contribution < -0.4 is 5.32 Å². The van der Waals surface area contributed by atoms with E-state index < -0.39 is 0 Å². The molecule has 2 bridgehead atoms. The van der Waals surface area contributed by atoms with E-state index in [9.17, 15) is 4.79 Å². The van der Waals surface area contributed by atoms with Gasteiger partial charge in [0.15, 0.2) is 0 Å². The summed E-state index contributed by atoms with van der Waals surface area (Å²) in [5, 5.41) is 4.41. The van der Waals surface area contributed by atoms with Crippen molar-refractivity contribution in [2.24, 2.45) is 5.92 Å². The van der Waals surface area contributed by atoms with E-state index in [0.29, 0.717) is 6.04 Å². The molecular weight excluding hydrogens is 294 g/mol. The highest BCUT2D eigenvalue weighted by Crippen LogP contribution is 2.27. The van der Waals surface area contributed by atoms with Gasteiger partial charge in [0, 0.05) is 30.1 Å². The average molecular weight is 315 g/mol. The Bertz CT molecular complexity index is 699. The van der Waals surface area contributed by atoms with Crippen molar-refractivity contribution in [1.82, 2.24) is 14.6 Å². The molecule has 0 aliphatic carbocycles. The van der Waals surface area contributed by atoms with E-state index in [2.05, 4.69) is 21.5 Å². The van der Waals surface area contributed by atoms with Crippen LogP contribution in [0.15, 0.2) is 18.2 Å². The third-order valence-corrected chi connectivity index (χ3v) is 5.79. The first-order valence-corrected chi connectivity index (χ1v) is 8.92. The van der Waals surface area contributed by atoms with E-state index in [0.717, 1.165) is 41.3 Å². The number of aromatic nitrogens is 1. The molecule has 4 rings (SSSR count). The Hall–Kier alpha value is -1.46. The lowest BCUT2D eigenvalue weighted by molar-refractivity contribution is 0.0909. The molecule has 2 aliphatic rings. The summed E-state index contributed by atoms with van der Waals surface area (Å²) in [6.07, 6.45) is 3.36. The van der Waals surface area contributed by atoms with E-state index >= 15 is 0 Å². The lowest BCUT2D eigenvalue weighted by Gasteiger charge is -2.30. The fourth-order valence-electron chi connectivity index (χ4n) is 3.82. The van der Waals surface area contributed by atoms with Crippen molar-refractivity contribution in [3.05, 3.63) is 29.5 Å². The Morgan fingerprint density at radius 3 is 3.18 bits per heavy atom. The summed E-state index contributed by atoms with van der Waals surface area (Å²) in [4.78, 5) is 15.0. The van der Waals surface area contributed by atoms with Gasteiger partial charge in [-0.1, -0.05) is 13.0 Å². The maximum absolute atomic E-state index is 12.5. The quantitative estimate of drug-likeness (QED) is 0.947. The van der Waals surface area contributed by atoms with Crippen molar-refractivity contribution < 1.29 is 4.79 Å². The smallest absolute Gasteiger partial charge is 0.251 e. The van der Waals surface area contributed by atoms with Crippen LogP contribution in [0.2, 0.25) is 0 Å². The van der Waals surface area contributed by atoms with Gasteiger partial charge in [-0.2, -0.15) is 4.37 Å². The number of carbonyl (C=O) groups is 1. The van der Waals surface area contributed by atoms with E-state index in [1.54, 1.807) is 0 Å². The molecule has 3 atom stereocenters. The lowest BCUT2D eigenvalue weighted by Crippen LogP contribution is -2.47. The van der Waals surface area contributed by atoms with Gasteiger partial charge in [-0.3, -0.25) is 4.79 Å². The van der Waals surface area contributed by atoms with E-state index in [4.69, 9.17) is 0 Å². The Morgan fingerprint density at radius 1 is 1.45 bits per heavy atom. The third-order valence-electron chi connectivity index (χ3n) is 4.95. The fraction of sp³-hybridized carbons (Fsp3) is 0.529. The molecule has 2 aliphatic heterocycles. The molecule has 2 fully saturated rings. The molecule has 1 aromatic heterocycles. The van der Waals surface area contributed by atoms with Crippen LogP contribution in [0.25, 0.3) is 10.1 Å². The largest absolute Gasteiger partial charge is 0.348 e. The van der Waals surface area contributed by atoms with E-state index in [1.165, 1.54) is 36.4 Å². The molecule has 4 nitrogen and oxygen atoms in total. The molecule has 1 N–H and O–H groups in total. The van der Waals surface area contributed by atoms with E-state index in [-0.39, 0.29) is 5.91 Å². The highest BCUT2D eigenvalue weighted by molar-refractivity contribution is 7.13. The maximum atomic E-state index is 12.5. The Morgan fingerprint density at radius 2 is 2.36 bits per heavy atom. The number of aryl methyl sites for hydroxylation is 1. The molecule has 2 aromatic rings. The number of nitrogens with zero attached hydrogens (tertiary/aromatic N) is 2. The number of benzene rings is 1. The first-order valence-electron chi connectivity index (χ1n) is 8.14. The predicted octanol–water partition coefficient (Wildman–Crippen LogP) is 2.68. The van der Waals surface area contributed by atoms with Gasteiger partial charge in [0.25, 0.3) is 5.91 Å². The van der Waals surface area contributed by atoms with Crippen LogP contribution in [0.1, 0.15) is 35.8 Å². The summed E-state index contributed by atoms with van der Waals surface area (Å²) in [6.45, 7) is 5.54. The highest BCUT2D eigenvalue weighted by atomic mass is 32.1. The molecule has 5 heteroatoms. The molecule has 0 spiro atoms. The topological polar surface area (TPSA) is 45.2 Å². The maximum Gasteiger partial charge on any atom is 0.251 e. The van der Waals surface area contributed by atoms with Crippen LogP contribution >= 0.6 is 11.5 Å². The number of fused-ring (bicyclic) bond motifs is 3. The SMILES string of the molecule is CCc1nsc2cc(C(=O)NC3CC4CCN(C4)C3)ccc12. The van der Waals surface area contributed by atoms with Crippen LogP contribution in [0.5, 0.6) is 0 Å². The van der Waals surface area contributed by atoms with Crippen LogP contribution in [-0.2, 0) is 6.42 Å². The zero-order chi connectivity index (χ0) is 15.1. The average Bonchev–Trinajstić information content (AvgIpc) is 3.09. The van der Waals surface area contributed by atoms with Gasteiger partial charge in [0.2, 0.25) is 0 Å². The minimum Gasteiger partial charge on any atom is -0.348 e. The molecule has 116 valence electrons. The molecule has 0 radical (unpaired) electrons. The molecular formula is C17H21N3OS. The minimum atomic E-state index is 0.0563. The monoisotopic (exact) mass is 315 g/mol. The number of hydrogen-bond acceptors (Lipinski definition) is 4. The van der Waals surface area contributed by atoms with Crippen molar-refractivity contribution in [3.63, 3.8) is 0 Å². The third kappa shape index (κ3) is 2.52. The van der Waals surface area contributed by atoms with Gasteiger partial charge >= 0.3 is 0 Å². The van der Waals surface area contributed by atoms with E-state index in [1.807, 2.05) is 18.2 Å². The Kier molecular flexibility index (Phi) is 3.62. The van der Waals surface area contributed by atoms with Crippen molar-refractivity contribution in [1.29, 1.82) is 0 Å². The highest BCUT2D eigenvalue weighted by Gasteiger charge is 2.32. The van der Waals surface area contributed by atoms with Crippen molar-refractivity contribution >= 4 is 27.5 Å². The van der Waals surface area contributed by atoms with Gasteiger partial charge in [-0.15, -0.1) is 0 Å². The van der Waals surface area contributed by atoms with Gasteiger partial charge in [0.05, 0.1) is 10.4 Å². The number of piperidine rings is 1. The number of hydrogen-bond donors (Lipinski definition) is 1. The van der Waals surface area contributed by atoms with Crippen LogP contribution in [0.3, 0.4) is 0 Å². The van der Waals surface area contributed by atoms with Crippen LogP contribution in [-0.4, -0.2) is 40.9 Å². The van der Waals surface area contributed by atoms with Crippen LogP contribution in [0.4, 0.5) is 0 Å². The summed E-state index contributed by atoms with van der Waals surface area (Å²) in [6, 6.07) is 6.26. The first-order chi connectivity index (χ1) is 10.7. The van der Waals surface area contributed by atoms with Crippen molar-refractivity contribution in [2.75, 3.05) is 19.6 Å². The predicted molar refractivity (Wildman–Crippen MR) is 89.4 cm³/mol. The second kappa shape index (κ2) is 5.63. The summed E-state index contributed by atoms with van der Waals surface area (Å²) in [5.74, 6) is 0.830. The summed E-state index contributed by atoms with van der Waals surface area (Å²) in [7, 11) is 0. The first kappa shape index (κ1) is 14.2. The number of nitrogens with one attached hydrogen (secondary N) is 1. The fourth-order valence-corrected chi connectivity index (χ4v) is 4.72. The molecule has 1 amide bonds. The zero-order valence-corrected chi connectivity index (χ0v) is 13.7. The number of amides is 1. The molecule has 2 saturated heterocycles. The molecule has 0 saturated carbocycles.